The van der Waals surface area contributed by atoms with Crippen LogP contribution in [0.3, 0.4) is 0 Å². The van der Waals surface area contributed by atoms with Crippen LogP contribution in [-0.2, 0) is 4.74 Å². The average Bonchev–Trinajstić information content (AvgIpc) is 2.87. The van der Waals surface area contributed by atoms with Crippen LogP contribution in [0.4, 0.5) is 5.69 Å². The summed E-state index contributed by atoms with van der Waals surface area (Å²) >= 11 is 12.8. The van der Waals surface area contributed by atoms with Crippen molar-refractivity contribution in [3.8, 4) is 12.1 Å². The number of halogens is 2. The van der Waals surface area contributed by atoms with Crippen LogP contribution < -0.4 is 4.90 Å². The quantitative estimate of drug-likeness (QED) is 0.424. The molecule has 1 saturated heterocycles. The number of rotatable bonds is 6. The first-order valence-electron chi connectivity index (χ1n) is 11.0. The Kier molecular flexibility index (Phi) is 7.73. The summed E-state index contributed by atoms with van der Waals surface area (Å²) in [5, 5.41) is 19.7. The van der Waals surface area contributed by atoms with Crippen molar-refractivity contribution in [2.75, 3.05) is 38.3 Å². The van der Waals surface area contributed by atoms with E-state index in [1.165, 1.54) is 0 Å². The molecule has 0 amide bonds. The highest BCUT2D eigenvalue weighted by molar-refractivity contribution is 6.33. The van der Waals surface area contributed by atoms with Gasteiger partial charge in [0.15, 0.2) is 0 Å². The topological polar surface area (TPSA) is 63.3 Å². The lowest BCUT2D eigenvalue weighted by Gasteiger charge is -2.46. The average molecular weight is 491 g/mol. The number of hydrogen-bond acceptors (Lipinski definition) is 5. The zero-order valence-corrected chi connectivity index (χ0v) is 20.3. The molecule has 5 nitrogen and oxygen atoms in total. The fraction of sp³-hybridized carbons (Fsp3) is 0.259. The van der Waals surface area contributed by atoms with Gasteiger partial charge in [-0.3, -0.25) is 4.90 Å². The van der Waals surface area contributed by atoms with Crippen LogP contribution in [0.25, 0.3) is 0 Å². The van der Waals surface area contributed by atoms with E-state index in [2.05, 4.69) is 21.9 Å². The van der Waals surface area contributed by atoms with Crippen LogP contribution in [0.1, 0.15) is 34.3 Å². The van der Waals surface area contributed by atoms with Crippen molar-refractivity contribution < 1.29 is 4.74 Å². The second kappa shape index (κ2) is 10.9. The molecule has 0 aliphatic carbocycles. The van der Waals surface area contributed by atoms with Crippen molar-refractivity contribution in [3.63, 3.8) is 0 Å². The van der Waals surface area contributed by atoms with Crippen molar-refractivity contribution in [1.29, 1.82) is 10.5 Å². The third kappa shape index (κ3) is 5.20. The number of ether oxygens (including phenoxy) is 1. The molecular formula is C27H24Cl2N4O. The molecule has 7 heteroatoms. The van der Waals surface area contributed by atoms with E-state index in [1.54, 1.807) is 19.2 Å². The number of nitrogens with zero attached hydrogens (tertiary/aromatic N) is 4. The summed E-state index contributed by atoms with van der Waals surface area (Å²) in [5.41, 5.74) is 4.32. The van der Waals surface area contributed by atoms with Crippen LogP contribution in [0.5, 0.6) is 0 Å². The predicted molar refractivity (Wildman–Crippen MR) is 135 cm³/mol. The second-order valence-electron chi connectivity index (χ2n) is 8.24. The van der Waals surface area contributed by atoms with Crippen molar-refractivity contribution in [2.45, 2.75) is 12.1 Å². The summed E-state index contributed by atoms with van der Waals surface area (Å²) in [6, 6.07) is 25.5. The van der Waals surface area contributed by atoms with Crippen LogP contribution in [0, 0.1) is 22.7 Å². The molecule has 172 valence electrons. The molecule has 0 radical (unpaired) electrons. The number of nitriles is 2. The van der Waals surface area contributed by atoms with Gasteiger partial charge in [-0.1, -0.05) is 47.5 Å². The van der Waals surface area contributed by atoms with Crippen LogP contribution >= 0.6 is 23.2 Å². The molecule has 1 aliphatic rings. The van der Waals surface area contributed by atoms with Gasteiger partial charge in [0.2, 0.25) is 0 Å². The van der Waals surface area contributed by atoms with Gasteiger partial charge in [-0.25, -0.2) is 0 Å². The number of hydrogen-bond donors (Lipinski definition) is 0. The van der Waals surface area contributed by atoms with Crippen molar-refractivity contribution in [2.24, 2.45) is 0 Å². The fourth-order valence-electron chi connectivity index (χ4n) is 4.51. The van der Waals surface area contributed by atoms with Gasteiger partial charge < -0.3 is 9.64 Å². The van der Waals surface area contributed by atoms with Crippen LogP contribution in [-0.4, -0.2) is 38.3 Å². The molecule has 0 saturated carbocycles. The third-order valence-electron chi connectivity index (χ3n) is 6.24. The molecule has 0 spiro atoms. The Hall–Kier alpha value is -3.06. The number of anilines is 1. The Labute approximate surface area is 210 Å². The van der Waals surface area contributed by atoms with E-state index >= 15 is 0 Å². The first-order valence-corrected chi connectivity index (χ1v) is 11.7. The Morgan fingerprint density at radius 1 is 0.941 bits per heavy atom. The molecule has 1 fully saturated rings. The van der Waals surface area contributed by atoms with E-state index in [4.69, 9.17) is 33.2 Å². The minimum Gasteiger partial charge on any atom is -0.383 e. The maximum Gasteiger partial charge on any atom is 0.0992 e. The van der Waals surface area contributed by atoms with E-state index in [0.717, 1.165) is 36.4 Å². The molecule has 1 heterocycles. The molecule has 34 heavy (non-hydrogen) atoms. The van der Waals surface area contributed by atoms with Gasteiger partial charge >= 0.3 is 0 Å². The lowest BCUT2D eigenvalue weighted by Crippen LogP contribution is -2.50. The minimum atomic E-state index is 0.0224. The minimum absolute atomic E-state index is 0.0224. The molecular weight excluding hydrogens is 467 g/mol. The monoisotopic (exact) mass is 490 g/mol. The zero-order valence-electron chi connectivity index (χ0n) is 18.8. The standard InChI is InChI=1S/C27H24Cl2N4O/c1-34-18-27(22-5-2-19(15-30)3-6-22)32-12-13-33(25-11-4-20(16-31)14-24(25)29)26(17-32)21-7-9-23(28)10-8-21/h2-11,14,26-27H,12-13,17-18H2,1H3/t26-,27-/m0/s1. The summed E-state index contributed by atoms with van der Waals surface area (Å²) in [5.74, 6) is 0. The first-order chi connectivity index (χ1) is 16.5. The number of piperazine rings is 1. The van der Waals surface area contributed by atoms with Gasteiger partial charge in [-0.05, 0) is 53.6 Å². The largest absolute Gasteiger partial charge is 0.383 e. The Morgan fingerprint density at radius 2 is 1.62 bits per heavy atom. The molecule has 0 bridgehead atoms. The lowest BCUT2D eigenvalue weighted by atomic mass is 9.97. The second-order valence-corrected chi connectivity index (χ2v) is 9.08. The first kappa shape index (κ1) is 24.1. The summed E-state index contributed by atoms with van der Waals surface area (Å²) in [4.78, 5) is 4.71. The molecule has 1 aliphatic heterocycles. The van der Waals surface area contributed by atoms with E-state index < -0.39 is 0 Å². The Bertz CT molecular complexity index is 1220. The highest BCUT2D eigenvalue weighted by atomic mass is 35.5. The molecule has 3 aromatic rings. The van der Waals surface area contributed by atoms with E-state index in [9.17, 15) is 5.26 Å². The smallest absolute Gasteiger partial charge is 0.0992 e. The van der Waals surface area contributed by atoms with E-state index in [1.807, 2.05) is 54.6 Å². The summed E-state index contributed by atoms with van der Waals surface area (Å²) < 4.78 is 5.59. The van der Waals surface area contributed by atoms with Crippen molar-refractivity contribution in [1.82, 2.24) is 4.90 Å². The molecule has 3 aromatic carbocycles. The highest BCUT2D eigenvalue weighted by Crippen LogP contribution is 2.38. The van der Waals surface area contributed by atoms with Gasteiger partial charge in [-0.15, -0.1) is 0 Å². The molecule has 0 aromatic heterocycles. The van der Waals surface area contributed by atoms with Gasteiger partial charge in [0.1, 0.15) is 0 Å². The third-order valence-corrected chi connectivity index (χ3v) is 6.80. The maximum atomic E-state index is 9.24. The number of benzene rings is 3. The fourth-order valence-corrected chi connectivity index (χ4v) is 4.92. The molecule has 4 rings (SSSR count). The van der Waals surface area contributed by atoms with Gasteiger partial charge in [0, 0.05) is 31.8 Å². The van der Waals surface area contributed by atoms with E-state index in [0.29, 0.717) is 27.8 Å². The highest BCUT2D eigenvalue weighted by Gasteiger charge is 2.33. The van der Waals surface area contributed by atoms with Gasteiger partial charge in [-0.2, -0.15) is 10.5 Å². The van der Waals surface area contributed by atoms with Gasteiger partial charge in [0.05, 0.1) is 52.7 Å². The molecule has 2 atom stereocenters. The normalized spacial score (nSPS) is 17.1. The maximum absolute atomic E-state index is 9.24. The SMILES string of the molecule is COC[C@@H](c1ccc(C#N)cc1)N1CCN(c2ccc(C#N)cc2Cl)[C@H](c2ccc(Cl)cc2)C1. The summed E-state index contributed by atoms with van der Waals surface area (Å²) in [6.45, 7) is 2.83. The summed E-state index contributed by atoms with van der Waals surface area (Å²) in [6.07, 6.45) is 0. The predicted octanol–water partition coefficient (Wildman–Crippen LogP) is 5.99. The number of methoxy groups -OCH3 is 1. The van der Waals surface area contributed by atoms with Crippen LogP contribution in [0.2, 0.25) is 10.0 Å². The van der Waals surface area contributed by atoms with Gasteiger partial charge in [0.25, 0.3) is 0 Å². The Morgan fingerprint density at radius 3 is 2.24 bits per heavy atom. The molecule has 0 unspecified atom stereocenters. The van der Waals surface area contributed by atoms with Crippen molar-refractivity contribution in [3.05, 3.63) is 99.0 Å². The Balaban J connectivity index is 1.69. The zero-order chi connectivity index (χ0) is 24.1. The summed E-state index contributed by atoms with van der Waals surface area (Å²) in [7, 11) is 1.71. The van der Waals surface area contributed by atoms with Crippen LogP contribution in [0.15, 0.2) is 66.7 Å². The molecule has 0 N–H and O–H groups in total. The van der Waals surface area contributed by atoms with E-state index in [-0.39, 0.29) is 12.1 Å². The van der Waals surface area contributed by atoms with Crippen molar-refractivity contribution >= 4 is 28.9 Å². The lowest BCUT2D eigenvalue weighted by molar-refractivity contribution is 0.0758.